The lowest BCUT2D eigenvalue weighted by Crippen LogP contribution is -2.14. The summed E-state index contributed by atoms with van der Waals surface area (Å²) in [4.78, 5) is 0. The minimum absolute atomic E-state index is 0. The summed E-state index contributed by atoms with van der Waals surface area (Å²) >= 11 is 5.40. The van der Waals surface area contributed by atoms with Gasteiger partial charge in [-0.15, -0.1) is 12.4 Å². The number of nitrogens with two attached hydrogens (primary N) is 1. The highest BCUT2D eigenvalue weighted by Gasteiger charge is 2.32. The van der Waals surface area contributed by atoms with Gasteiger partial charge in [-0.2, -0.15) is 13.2 Å². The van der Waals surface area contributed by atoms with Gasteiger partial charge < -0.3 is 5.73 Å². The van der Waals surface area contributed by atoms with Crippen LogP contribution in [0.3, 0.4) is 0 Å². The second kappa shape index (κ2) is 5.89. The molecule has 17 heavy (non-hydrogen) atoms. The van der Waals surface area contributed by atoms with Gasteiger partial charge in [-0.25, -0.2) is 4.39 Å². The highest BCUT2D eigenvalue weighted by atomic mass is 35.5. The Balaban J connectivity index is 0.00000256. The van der Waals surface area contributed by atoms with Gasteiger partial charge in [0.25, 0.3) is 0 Å². The van der Waals surface area contributed by atoms with E-state index < -0.39 is 28.6 Å². The standard InChI is InChI=1S/C10H10ClF4N.ClH/c1-2-8(16)6-3-5(10(13,14)15)4-7(11)9(6)12;/h3-4,8H,2,16H2,1H3;1H/t8-;/m0./s1. The number of rotatable bonds is 2. The van der Waals surface area contributed by atoms with Crippen molar-refractivity contribution >= 4 is 24.0 Å². The van der Waals surface area contributed by atoms with E-state index in [4.69, 9.17) is 17.3 Å². The molecular formula is C10H11Cl2F4N. The number of hydrogen-bond acceptors (Lipinski definition) is 1. The summed E-state index contributed by atoms with van der Waals surface area (Å²) in [6.07, 6.45) is -4.23. The first-order chi connectivity index (χ1) is 7.27. The highest BCUT2D eigenvalue weighted by Crippen LogP contribution is 2.35. The summed E-state index contributed by atoms with van der Waals surface area (Å²) < 4.78 is 50.7. The minimum atomic E-state index is -4.56. The van der Waals surface area contributed by atoms with Crippen molar-refractivity contribution in [1.29, 1.82) is 0 Å². The van der Waals surface area contributed by atoms with E-state index in [0.29, 0.717) is 18.6 Å². The molecule has 0 fully saturated rings. The molecule has 0 amide bonds. The molecule has 0 aliphatic rings. The molecule has 0 aromatic heterocycles. The molecule has 7 heteroatoms. The quantitative estimate of drug-likeness (QED) is 0.807. The average molecular weight is 292 g/mol. The van der Waals surface area contributed by atoms with Crippen LogP contribution in [0.2, 0.25) is 5.02 Å². The summed E-state index contributed by atoms with van der Waals surface area (Å²) in [7, 11) is 0. The predicted molar refractivity (Wildman–Crippen MR) is 60.9 cm³/mol. The Bertz CT molecular complexity index is 393. The Morgan fingerprint density at radius 1 is 1.35 bits per heavy atom. The van der Waals surface area contributed by atoms with Crippen LogP contribution in [-0.4, -0.2) is 0 Å². The second-order valence-corrected chi connectivity index (χ2v) is 3.78. The molecule has 1 nitrogen and oxygen atoms in total. The molecule has 2 N–H and O–H groups in total. The molecule has 0 aliphatic carbocycles. The van der Waals surface area contributed by atoms with Crippen molar-refractivity contribution in [3.05, 3.63) is 34.1 Å². The third kappa shape index (κ3) is 3.72. The molecule has 1 aromatic carbocycles. The van der Waals surface area contributed by atoms with Crippen LogP contribution in [-0.2, 0) is 6.18 Å². The van der Waals surface area contributed by atoms with Crippen molar-refractivity contribution in [1.82, 2.24) is 0 Å². The molecule has 0 unspecified atom stereocenters. The number of benzene rings is 1. The summed E-state index contributed by atoms with van der Waals surface area (Å²) in [6.45, 7) is 1.65. The van der Waals surface area contributed by atoms with Crippen molar-refractivity contribution in [2.45, 2.75) is 25.6 Å². The predicted octanol–water partition coefficient (Wildman–Crippen LogP) is 4.33. The zero-order valence-electron chi connectivity index (χ0n) is 8.81. The summed E-state index contributed by atoms with van der Waals surface area (Å²) in [5.41, 5.74) is 4.32. The molecule has 0 saturated heterocycles. The topological polar surface area (TPSA) is 26.0 Å². The monoisotopic (exact) mass is 291 g/mol. The van der Waals surface area contributed by atoms with Crippen LogP contribution in [0.25, 0.3) is 0 Å². The highest BCUT2D eigenvalue weighted by molar-refractivity contribution is 6.30. The van der Waals surface area contributed by atoms with Gasteiger partial charge in [0.15, 0.2) is 0 Å². The fourth-order valence-electron chi connectivity index (χ4n) is 1.26. The largest absolute Gasteiger partial charge is 0.416 e. The van der Waals surface area contributed by atoms with Gasteiger partial charge in [0.05, 0.1) is 10.6 Å². The fraction of sp³-hybridized carbons (Fsp3) is 0.400. The summed E-state index contributed by atoms with van der Waals surface area (Å²) in [5.74, 6) is -0.885. The summed E-state index contributed by atoms with van der Waals surface area (Å²) in [5, 5.41) is -0.561. The maximum absolute atomic E-state index is 13.4. The maximum atomic E-state index is 13.4. The Hall–Kier alpha value is -0.520. The molecule has 1 aromatic rings. The van der Waals surface area contributed by atoms with Crippen molar-refractivity contribution < 1.29 is 17.6 Å². The Kier molecular flexibility index (Phi) is 5.71. The van der Waals surface area contributed by atoms with Crippen molar-refractivity contribution in [3.63, 3.8) is 0 Å². The number of hydrogen-bond donors (Lipinski definition) is 1. The van der Waals surface area contributed by atoms with Crippen LogP contribution in [0.15, 0.2) is 12.1 Å². The zero-order valence-corrected chi connectivity index (χ0v) is 10.4. The molecule has 0 aliphatic heterocycles. The fourth-order valence-corrected chi connectivity index (χ4v) is 1.49. The average Bonchev–Trinajstić information content (AvgIpc) is 2.19. The lowest BCUT2D eigenvalue weighted by Gasteiger charge is -2.15. The molecule has 1 rings (SSSR count). The first kappa shape index (κ1) is 16.5. The van der Waals surface area contributed by atoms with E-state index >= 15 is 0 Å². The van der Waals surface area contributed by atoms with Gasteiger partial charge >= 0.3 is 6.18 Å². The van der Waals surface area contributed by atoms with Crippen LogP contribution in [0, 0.1) is 5.82 Å². The van der Waals surface area contributed by atoms with Gasteiger partial charge in [-0.05, 0) is 18.6 Å². The van der Waals surface area contributed by atoms with Gasteiger partial charge in [-0.3, -0.25) is 0 Å². The molecular weight excluding hydrogens is 281 g/mol. The lowest BCUT2D eigenvalue weighted by atomic mass is 10.0. The van der Waals surface area contributed by atoms with Crippen LogP contribution >= 0.6 is 24.0 Å². The van der Waals surface area contributed by atoms with Gasteiger partial charge in [0.2, 0.25) is 0 Å². The normalized spacial score (nSPS) is 13.1. The van der Waals surface area contributed by atoms with E-state index in [1.807, 2.05) is 0 Å². The van der Waals surface area contributed by atoms with Crippen LogP contribution in [0.5, 0.6) is 0 Å². The third-order valence-electron chi connectivity index (χ3n) is 2.22. The van der Waals surface area contributed by atoms with E-state index in [9.17, 15) is 17.6 Å². The molecule has 0 spiro atoms. The van der Waals surface area contributed by atoms with E-state index in [1.165, 1.54) is 0 Å². The molecule has 0 heterocycles. The molecule has 0 saturated carbocycles. The van der Waals surface area contributed by atoms with Crippen molar-refractivity contribution in [2.24, 2.45) is 5.73 Å². The Labute approximate surface area is 107 Å². The van der Waals surface area contributed by atoms with Gasteiger partial charge in [-0.1, -0.05) is 18.5 Å². The van der Waals surface area contributed by atoms with Crippen LogP contribution in [0.4, 0.5) is 17.6 Å². The number of alkyl halides is 3. The van der Waals surface area contributed by atoms with E-state index in [0.717, 1.165) is 0 Å². The maximum Gasteiger partial charge on any atom is 0.416 e. The molecule has 98 valence electrons. The van der Waals surface area contributed by atoms with Gasteiger partial charge in [0.1, 0.15) is 5.82 Å². The molecule has 1 atom stereocenters. The Morgan fingerprint density at radius 2 is 1.88 bits per heavy atom. The minimum Gasteiger partial charge on any atom is -0.324 e. The van der Waals surface area contributed by atoms with Crippen LogP contribution < -0.4 is 5.73 Å². The molecule has 0 bridgehead atoms. The third-order valence-corrected chi connectivity index (χ3v) is 2.50. The number of halogens is 6. The van der Waals surface area contributed by atoms with E-state index in [1.54, 1.807) is 6.92 Å². The van der Waals surface area contributed by atoms with Crippen molar-refractivity contribution in [2.75, 3.05) is 0 Å². The molecule has 0 radical (unpaired) electrons. The van der Waals surface area contributed by atoms with Crippen molar-refractivity contribution in [3.8, 4) is 0 Å². The van der Waals surface area contributed by atoms with Gasteiger partial charge in [0, 0.05) is 11.6 Å². The first-order valence-corrected chi connectivity index (χ1v) is 4.96. The smallest absolute Gasteiger partial charge is 0.324 e. The summed E-state index contributed by atoms with van der Waals surface area (Å²) in [6, 6.07) is 0.470. The van der Waals surface area contributed by atoms with Crippen LogP contribution in [0.1, 0.15) is 30.5 Å². The first-order valence-electron chi connectivity index (χ1n) is 4.59. The zero-order chi connectivity index (χ0) is 12.5. The second-order valence-electron chi connectivity index (χ2n) is 3.37. The SMILES string of the molecule is CC[C@H](N)c1cc(C(F)(F)F)cc(Cl)c1F.Cl. The van der Waals surface area contributed by atoms with E-state index in [2.05, 4.69) is 0 Å². The Morgan fingerprint density at radius 3 is 2.29 bits per heavy atom. The lowest BCUT2D eigenvalue weighted by molar-refractivity contribution is -0.137. The van der Waals surface area contributed by atoms with E-state index in [-0.39, 0.29) is 18.0 Å².